The lowest BCUT2D eigenvalue weighted by molar-refractivity contribution is 0.102. The van der Waals surface area contributed by atoms with Crippen molar-refractivity contribution < 1.29 is 18.7 Å². The first kappa shape index (κ1) is 19.9. The van der Waals surface area contributed by atoms with Crippen molar-refractivity contribution in [2.45, 2.75) is 13.8 Å². The van der Waals surface area contributed by atoms with Crippen molar-refractivity contribution in [2.75, 3.05) is 12.1 Å². The van der Waals surface area contributed by atoms with Crippen molar-refractivity contribution in [3.8, 4) is 22.6 Å². The van der Waals surface area contributed by atoms with E-state index in [0.717, 1.165) is 15.6 Å². The van der Waals surface area contributed by atoms with Crippen LogP contribution < -0.4 is 14.8 Å². The first-order valence-electron chi connectivity index (χ1n) is 8.87. The van der Waals surface area contributed by atoms with Gasteiger partial charge in [-0.15, -0.1) is 0 Å². The molecule has 1 aliphatic rings. The lowest BCUT2D eigenvalue weighted by Gasteiger charge is -2.09. The van der Waals surface area contributed by atoms with Crippen molar-refractivity contribution in [2.24, 2.45) is 0 Å². The van der Waals surface area contributed by atoms with Gasteiger partial charge in [-0.3, -0.25) is 4.79 Å². The molecule has 1 N–H and O–H groups in total. The second kappa shape index (κ2) is 8.89. The van der Waals surface area contributed by atoms with Gasteiger partial charge in [0.05, 0.1) is 5.56 Å². The molecular formula is C22H19BrFNO3. The molecule has 0 saturated carbocycles. The number of carbonyl (C=O) groups excluding carboxylic acids is 1. The summed E-state index contributed by atoms with van der Waals surface area (Å²) in [7, 11) is 0. The van der Waals surface area contributed by atoms with Crippen molar-refractivity contribution in [1.82, 2.24) is 0 Å². The van der Waals surface area contributed by atoms with Crippen LogP contribution in [0.25, 0.3) is 11.1 Å². The van der Waals surface area contributed by atoms with Crippen molar-refractivity contribution in [3.05, 3.63) is 76.5 Å². The molecule has 1 heterocycles. The van der Waals surface area contributed by atoms with Gasteiger partial charge in [-0.25, -0.2) is 4.39 Å². The fraction of sp³-hybridized carbons (Fsp3) is 0.136. The van der Waals surface area contributed by atoms with Gasteiger partial charge in [-0.2, -0.15) is 0 Å². The van der Waals surface area contributed by atoms with Gasteiger partial charge in [0, 0.05) is 10.2 Å². The molecule has 28 heavy (non-hydrogen) atoms. The van der Waals surface area contributed by atoms with Crippen molar-refractivity contribution in [3.63, 3.8) is 0 Å². The predicted octanol–water partition coefficient (Wildman–Crippen LogP) is 6.26. The lowest BCUT2D eigenvalue weighted by Crippen LogP contribution is -2.13. The van der Waals surface area contributed by atoms with E-state index in [1.165, 1.54) is 12.1 Å². The second-order valence-corrected chi connectivity index (χ2v) is 6.55. The maximum Gasteiger partial charge on any atom is 0.258 e. The van der Waals surface area contributed by atoms with Gasteiger partial charge in [-0.05, 0) is 47.5 Å². The highest BCUT2D eigenvalue weighted by molar-refractivity contribution is 9.10. The third-order valence-corrected chi connectivity index (χ3v) is 4.69. The Labute approximate surface area is 171 Å². The Hall–Kier alpha value is -2.86. The molecule has 4 nitrogen and oxygen atoms in total. The molecule has 0 unspecified atom stereocenters. The molecule has 0 fully saturated rings. The Balaban J connectivity index is 0.00000109. The number of carbonyl (C=O) groups is 1. The molecule has 0 radical (unpaired) electrons. The Morgan fingerprint density at radius 2 is 1.64 bits per heavy atom. The van der Waals surface area contributed by atoms with Crippen LogP contribution >= 0.6 is 15.9 Å². The van der Waals surface area contributed by atoms with E-state index in [2.05, 4.69) is 21.2 Å². The van der Waals surface area contributed by atoms with Crippen LogP contribution in [-0.2, 0) is 0 Å². The number of rotatable bonds is 3. The minimum absolute atomic E-state index is 0.00934. The molecule has 0 saturated heterocycles. The molecule has 1 amide bonds. The van der Waals surface area contributed by atoms with Crippen LogP contribution in [0.2, 0.25) is 0 Å². The summed E-state index contributed by atoms with van der Waals surface area (Å²) in [6.07, 6.45) is 0. The monoisotopic (exact) mass is 443 g/mol. The van der Waals surface area contributed by atoms with Crippen LogP contribution in [0, 0.1) is 5.82 Å². The van der Waals surface area contributed by atoms with Crippen molar-refractivity contribution >= 4 is 27.5 Å². The van der Waals surface area contributed by atoms with E-state index in [1.807, 2.05) is 38.1 Å². The molecule has 0 spiro atoms. The number of ether oxygens (including phenoxy) is 2. The molecule has 1 aliphatic heterocycles. The Morgan fingerprint density at radius 1 is 1.00 bits per heavy atom. The van der Waals surface area contributed by atoms with Gasteiger partial charge in [0.15, 0.2) is 11.5 Å². The second-order valence-electron chi connectivity index (χ2n) is 5.70. The van der Waals surface area contributed by atoms with E-state index < -0.39 is 11.7 Å². The average Bonchev–Trinajstić information content (AvgIpc) is 3.17. The minimum atomic E-state index is -0.550. The van der Waals surface area contributed by atoms with Gasteiger partial charge in [-0.1, -0.05) is 54.0 Å². The molecule has 0 aliphatic carbocycles. The number of hydrogen-bond donors (Lipinski definition) is 1. The highest BCUT2D eigenvalue weighted by atomic mass is 79.9. The van der Waals surface area contributed by atoms with Crippen LogP contribution in [0.4, 0.5) is 10.1 Å². The number of nitrogens with one attached hydrogen (secondary N) is 1. The molecule has 3 aromatic rings. The highest BCUT2D eigenvalue weighted by Crippen LogP contribution is 2.41. The van der Waals surface area contributed by atoms with Crippen LogP contribution in [0.15, 0.2) is 65.1 Å². The zero-order valence-electron chi connectivity index (χ0n) is 15.5. The largest absolute Gasteiger partial charge is 0.454 e. The summed E-state index contributed by atoms with van der Waals surface area (Å²) in [6.45, 7) is 4.21. The van der Waals surface area contributed by atoms with E-state index >= 15 is 0 Å². The van der Waals surface area contributed by atoms with E-state index in [4.69, 9.17) is 9.47 Å². The summed E-state index contributed by atoms with van der Waals surface area (Å²) >= 11 is 3.54. The molecule has 144 valence electrons. The number of halogens is 2. The Morgan fingerprint density at radius 3 is 2.32 bits per heavy atom. The fourth-order valence-electron chi connectivity index (χ4n) is 2.72. The normalized spacial score (nSPS) is 11.4. The summed E-state index contributed by atoms with van der Waals surface area (Å²) in [5.41, 5.74) is 2.48. The van der Waals surface area contributed by atoms with Crippen LogP contribution in [-0.4, -0.2) is 12.7 Å². The summed E-state index contributed by atoms with van der Waals surface area (Å²) in [4.78, 5) is 12.2. The Kier molecular flexibility index (Phi) is 6.31. The number of fused-ring (bicyclic) bond motifs is 1. The highest BCUT2D eigenvalue weighted by Gasteiger charge is 2.17. The van der Waals surface area contributed by atoms with Gasteiger partial charge in [0.2, 0.25) is 6.79 Å². The molecule has 0 bridgehead atoms. The summed E-state index contributed by atoms with van der Waals surface area (Å²) in [6, 6.07) is 16.9. The summed E-state index contributed by atoms with van der Waals surface area (Å²) in [5.74, 6) is 0.362. The van der Waals surface area contributed by atoms with Crippen LogP contribution in [0.1, 0.15) is 24.2 Å². The summed E-state index contributed by atoms with van der Waals surface area (Å²) < 4.78 is 25.3. The molecule has 3 aromatic carbocycles. The molecule has 0 atom stereocenters. The molecule has 4 rings (SSSR count). The molecular weight excluding hydrogens is 425 g/mol. The fourth-order valence-corrected chi connectivity index (χ4v) is 3.27. The molecule has 6 heteroatoms. The lowest BCUT2D eigenvalue weighted by atomic mass is 10.0. The number of benzene rings is 3. The third-order valence-electron chi connectivity index (χ3n) is 4.03. The maximum atomic E-state index is 13.7. The zero-order valence-corrected chi connectivity index (χ0v) is 17.0. The first-order chi connectivity index (χ1) is 13.6. The predicted molar refractivity (Wildman–Crippen MR) is 111 cm³/mol. The number of anilines is 1. The quantitative estimate of drug-likeness (QED) is 0.519. The Bertz CT molecular complexity index is 990. The van der Waals surface area contributed by atoms with E-state index in [9.17, 15) is 9.18 Å². The SMILES string of the molecule is CC.O=C(Nc1ccc(-c2cc3c(cc2Br)OCO3)cc1)c1ccccc1F. The van der Waals surface area contributed by atoms with Crippen molar-refractivity contribution in [1.29, 1.82) is 0 Å². The maximum absolute atomic E-state index is 13.7. The van der Waals surface area contributed by atoms with Gasteiger partial charge < -0.3 is 14.8 Å². The van der Waals surface area contributed by atoms with Gasteiger partial charge in [0.1, 0.15) is 5.82 Å². The van der Waals surface area contributed by atoms with E-state index in [1.54, 1.807) is 24.3 Å². The smallest absolute Gasteiger partial charge is 0.258 e. The summed E-state index contributed by atoms with van der Waals surface area (Å²) in [5, 5.41) is 2.70. The van der Waals surface area contributed by atoms with Gasteiger partial charge in [0.25, 0.3) is 5.91 Å². The van der Waals surface area contributed by atoms with E-state index in [-0.39, 0.29) is 12.4 Å². The topological polar surface area (TPSA) is 47.6 Å². The van der Waals surface area contributed by atoms with Crippen LogP contribution in [0.5, 0.6) is 11.5 Å². The van der Waals surface area contributed by atoms with Crippen LogP contribution in [0.3, 0.4) is 0 Å². The third kappa shape index (κ3) is 4.17. The number of hydrogen-bond acceptors (Lipinski definition) is 3. The number of amides is 1. The van der Waals surface area contributed by atoms with E-state index in [0.29, 0.717) is 17.2 Å². The standard InChI is InChI=1S/C20H13BrFNO3.C2H6/c21-16-10-19-18(25-11-26-19)9-15(16)12-5-7-13(8-6-12)23-20(24)14-3-1-2-4-17(14)22;1-2/h1-10H,11H2,(H,23,24);1-2H3. The molecule has 0 aromatic heterocycles. The minimum Gasteiger partial charge on any atom is -0.454 e. The van der Waals surface area contributed by atoms with Gasteiger partial charge >= 0.3 is 0 Å². The average molecular weight is 444 g/mol. The first-order valence-corrected chi connectivity index (χ1v) is 9.66. The zero-order chi connectivity index (χ0) is 20.1.